The second-order valence-corrected chi connectivity index (χ2v) is 7.91. The molecule has 0 aromatic heterocycles. The van der Waals surface area contributed by atoms with Crippen LogP contribution in [0.1, 0.15) is 13.3 Å². The largest absolute Gasteiger partial charge is 0.365 e. The van der Waals surface area contributed by atoms with Crippen LogP contribution in [-0.2, 0) is 10.0 Å². The van der Waals surface area contributed by atoms with Gasteiger partial charge in [0.05, 0.1) is 12.8 Å². The number of hydrogen-bond donors (Lipinski definition) is 3. The third-order valence-corrected chi connectivity index (χ3v) is 4.60. The van der Waals surface area contributed by atoms with Gasteiger partial charge in [-0.25, -0.2) is 21.9 Å². The van der Waals surface area contributed by atoms with Crippen molar-refractivity contribution in [2.24, 2.45) is 4.99 Å². The fourth-order valence-electron chi connectivity index (χ4n) is 2.78. The van der Waals surface area contributed by atoms with Crippen molar-refractivity contribution < 1.29 is 17.2 Å². The van der Waals surface area contributed by atoms with Crippen molar-refractivity contribution in [2.45, 2.75) is 19.4 Å². The quantitative estimate of drug-likeness (QED) is 0.220. The summed E-state index contributed by atoms with van der Waals surface area (Å²) in [6.45, 7) is 4.02. The molecule has 3 N–H and O–H groups in total. The number of para-hydroxylation sites is 1. The maximum absolute atomic E-state index is 13.9. The summed E-state index contributed by atoms with van der Waals surface area (Å²) in [5.41, 5.74) is -0.00362. The Morgan fingerprint density at radius 1 is 1.33 bits per heavy atom. The van der Waals surface area contributed by atoms with Crippen LogP contribution in [0.5, 0.6) is 0 Å². The molecule has 154 valence electrons. The first kappa shape index (κ1) is 23.8. The molecular formula is C16H26F2IN5O2S. The average molecular weight is 517 g/mol. The maximum atomic E-state index is 13.9. The molecule has 0 aliphatic carbocycles. The van der Waals surface area contributed by atoms with E-state index < -0.39 is 21.7 Å². The second kappa shape index (κ2) is 11.0. The van der Waals surface area contributed by atoms with E-state index in [-0.39, 0.29) is 48.8 Å². The Bertz CT molecular complexity index is 728. The number of halogens is 3. The van der Waals surface area contributed by atoms with Crippen LogP contribution in [-0.4, -0.2) is 59.4 Å². The highest BCUT2D eigenvalue weighted by Crippen LogP contribution is 2.26. The van der Waals surface area contributed by atoms with Crippen molar-refractivity contribution in [1.29, 1.82) is 0 Å². The van der Waals surface area contributed by atoms with Gasteiger partial charge in [-0.15, -0.1) is 24.0 Å². The summed E-state index contributed by atoms with van der Waals surface area (Å²) in [4.78, 5) is 5.99. The van der Waals surface area contributed by atoms with Crippen molar-refractivity contribution in [3.05, 3.63) is 29.8 Å². The third-order valence-electron chi connectivity index (χ3n) is 3.87. The lowest BCUT2D eigenvalue weighted by Gasteiger charge is -2.21. The van der Waals surface area contributed by atoms with Crippen molar-refractivity contribution in [3.63, 3.8) is 0 Å². The fourth-order valence-corrected chi connectivity index (χ4v) is 3.25. The highest BCUT2D eigenvalue weighted by Gasteiger charge is 2.27. The van der Waals surface area contributed by atoms with Gasteiger partial charge in [0, 0.05) is 32.2 Å². The second-order valence-electron chi connectivity index (χ2n) is 6.07. The number of nitrogens with zero attached hydrogens (tertiary/aromatic N) is 2. The monoisotopic (exact) mass is 517 g/mol. The topological polar surface area (TPSA) is 85.8 Å². The molecule has 1 aliphatic heterocycles. The van der Waals surface area contributed by atoms with E-state index in [4.69, 9.17) is 0 Å². The number of rotatable bonds is 7. The van der Waals surface area contributed by atoms with Gasteiger partial charge in [0.15, 0.2) is 5.96 Å². The maximum Gasteiger partial charge on any atom is 0.208 e. The molecule has 0 saturated carbocycles. The van der Waals surface area contributed by atoms with Crippen LogP contribution in [0.4, 0.5) is 14.5 Å². The molecule has 27 heavy (non-hydrogen) atoms. The lowest BCUT2D eigenvalue weighted by atomic mass is 10.2. The molecule has 7 nitrogen and oxygen atoms in total. The van der Waals surface area contributed by atoms with Gasteiger partial charge in [-0.1, -0.05) is 6.07 Å². The molecule has 0 amide bonds. The summed E-state index contributed by atoms with van der Waals surface area (Å²) in [5, 5.41) is 6.31. The SMILES string of the molecule is CCNC(=NCCNS(C)(=O)=O)NC1CCN(c2c(F)cccc2F)C1.I. The number of benzene rings is 1. The van der Waals surface area contributed by atoms with Crippen molar-refractivity contribution in [3.8, 4) is 0 Å². The molecule has 11 heteroatoms. The van der Waals surface area contributed by atoms with E-state index in [0.717, 1.165) is 6.26 Å². The Kier molecular flexibility index (Phi) is 9.67. The first-order chi connectivity index (χ1) is 12.3. The average Bonchev–Trinajstić information content (AvgIpc) is 2.99. The van der Waals surface area contributed by atoms with E-state index >= 15 is 0 Å². The molecule has 0 radical (unpaired) electrons. The van der Waals surface area contributed by atoms with E-state index in [9.17, 15) is 17.2 Å². The Morgan fingerprint density at radius 3 is 2.59 bits per heavy atom. The highest BCUT2D eigenvalue weighted by molar-refractivity contribution is 14.0. The fraction of sp³-hybridized carbons (Fsp3) is 0.562. The summed E-state index contributed by atoms with van der Waals surface area (Å²) in [6, 6.07) is 3.83. The summed E-state index contributed by atoms with van der Waals surface area (Å²) in [6.07, 6.45) is 1.80. The van der Waals surface area contributed by atoms with E-state index in [0.29, 0.717) is 32.0 Å². The van der Waals surface area contributed by atoms with E-state index in [1.54, 1.807) is 4.90 Å². The van der Waals surface area contributed by atoms with Gasteiger partial charge in [0.25, 0.3) is 0 Å². The molecule has 1 atom stereocenters. The lowest BCUT2D eigenvalue weighted by Crippen LogP contribution is -2.45. The van der Waals surface area contributed by atoms with E-state index in [2.05, 4.69) is 20.3 Å². The van der Waals surface area contributed by atoms with Crippen LogP contribution in [0, 0.1) is 11.6 Å². The molecule has 2 rings (SSSR count). The number of guanidine groups is 1. The zero-order valence-corrected chi connectivity index (χ0v) is 18.5. The first-order valence-electron chi connectivity index (χ1n) is 8.48. The standard InChI is InChI=1S/C16H25F2N5O2S.HI/c1-3-19-16(20-8-9-21-26(2,24)25)22-12-7-10-23(11-12)15-13(17)5-4-6-14(15)18;/h4-6,12,21H,3,7-11H2,1-2H3,(H2,19,20,22);1H. The molecule has 0 spiro atoms. The van der Waals surface area contributed by atoms with Gasteiger partial charge in [-0.2, -0.15) is 0 Å². The van der Waals surface area contributed by atoms with Gasteiger partial charge < -0.3 is 15.5 Å². The number of nitrogens with one attached hydrogen (secondary N) is 3. The van der Waals surface area contributed by atoms with Crippen LogP contribution < -0.4 is 20.3 Å². The first-order valence-corrected chi connectivity index (χ1v) is 10.4. The Hall–Kier alpha value is -1.21. The van der Waals surface area contributed by atoms with Crippen LogP contribution >= 0.6 is 24.0 Å². The molecule has 1 aromatic carbocycles. The van der Waals surface area contributed by atoms with Crippen LogP contribution in [0.25, 0.3) is 0 Å². The normalized spacial score (nSPS) is 17.6. The van der Waals surface area contributed by atoms with E-state index in [1.165, 1.54) is 18.2 Å². The molecule has 1 aliphatic rings. The highest BCUT2D eigenvalue weighted by atomic mass is 127. The molecular weight excluding hydrogens is 491 g/mol. The Morgan fingerprint density at radius 2 is 2.00 bits per heavy atom. The summed E-state index contributed by atoms with van der Waals surface area (Å²) in [7, 11) is -3.24. The number of hydrogen-bond acceptors (Lipinski definition) is 4. The third kappa shape index (κ3) is 7.74. The smallest absolute Gasteiger partial charge is 0.208 e. The van der Waals surface area contributed by atoms with Gasteiger partial charge in [0.2, 0.25) is 10.0 Å². The molecule has 0 bridgehead atoms. The van der Waals surface area contributed by atoms with Gasteiger partial charge >= 0.3 is 0 Å². The minimum absolute atomic E-state index is 0. The van der Waals surface area contributed by atoms with Gasteiger partial charge in [-0.05, 0) is 25.5 Å². The molecule has 1 unspecified atom stereocenters. The number of sulfonamides is 1. The lowest BCUT2D eigenvalue weighted by molar-refractivity contribution is 0.575. The minimum Gasteiger partial charge on any atom is -0.365 e. The molecule has 1 aromatic rings. The van der Waals surface area contributed by atoms with Crippen LogP contribution in [0.3, 0.4) is 0 Å². The Balaban J connectivity index is 0.00000364. The van der Waals surface area contributed by atoms with Crippen LogP contribution in [0.2, 0.25) is 0 Å². The molecule has 1 saturated heterocycles. The van der Waals surface area contributed by atoms with Crippen molar-refractivity contribution >= 4 is 45.6 Å². The zero-order valence-electron chi connectivity index (χ0n) is 15.3. The number of anilines is 1. The Labute approximate surface area is 176 Å². The van der Waals surface area contributed by atoms with Crippen LogP contribution in [0.15, 0.2) is 23.2 Å². The predicted molar refractivity (Wildman–Crippen MR) is 114 cm³/mol. The van der Waals surface area contributed by atoms with E-state index in [1.807, 2.05) is 6.92 Å². The summed E-state index contributed by atoms with van der Waals surface area (Å²) >= 11 is 0. The summed E-state index contributed by atoms with van der Waals surface area (Å²) < 4.78 is 52.3. The van der Waals surface area contributed by atoms with Crippen molar-refractivity contribution in [1.82, 2.24) is 15.4 Å². The zero-order chi connectivity index (χ0) is 19.2. The van der Waals surface area contributed by atoms with Crippen molar-refractivity contribution in [2.75, 3.05) is 43.9 Å². The molecule has 1 fully saturated rings. The summed E-state index contributed by atoms with van der Waals surface area (Å²) in [5.74, 6) is -0.597. The number of aliphatic imine (C=N–C) groups is 1. The van der Waals surface area contributed by atoms with Gasteiger partial charge in [-0.3, -0.25) is 4.99 Å². The predicted octanol–water partition coefficient (Wildman–Crippen LogP) is 1.27. The minimum atomic E-state index is -3.24. The van der Waals surface area contributed by atoms with Gasteiger partial charge in [0.1, 0.15) is 17.3 Å². The molecule has 1 heterocycles.